The number of rotatable bonds is 0. The van der Waals surface area contributed by atoms with Crippen LogP contribution in [-0.2, 0) is 18.4 Å². The van der Waals surface area contributed by atoms with Gasteiger partial charge in [-0.3, -0.25) is 4.79 Å². The number of nitrogens with two attached hydrogens (primary N) is 1. The van der Waals surface area contributed by atoms with Crippen LogP contribution in [0.1, 0.15) is 5.56 Å². The molecular formula is C21H19ClN2O4. The van der Waals surface area contributed by atoms with E-state index in [0.29, 0.717) is 53.3 Å². The minimum Gasteiger partial charge on any atom is -0.490 e. The van der Waals surface area contributed by atoms with E-state index in [1.807, 2.05) is 12.1 Å². The van der Waals surface area contributed by atoms with E-state index < -0.39 is 0 Å². The number of pyridine rings is 1. The van der Waals surface area contributed by atoms with Gasteiger partial charge in [0.2, 0.25) is 0 Å². The van der Waals surface area contributed by atoms with Gasteiger partial charge in [0.1, 0.15) is 23.9 Å². The van der Waals surface area contributed by atoms with Crippen molar-refractivity contribution in [2.24, 2.45) is 7.05 Å². The van der Waals surface area contributed by atoms with E-state index in [-0.39, 0.29) is 5.56 Å². The Morgan fingerprint density at radius 1 is 1.00 bits per heavy atom. The first-order valence-electron chi connectivity index (χ1n) is 8.78. The van der Waals surface area contributed by atoms with E-state index in [4.69, 9.17) is 31.5 Å². The molecule has 0 atom stereocenters. The van der Waals surface area contributed by atoms with Crippen LogP contribution in [0.4, 0.5) is 5.69 Å². The second-order valence-corrected chi connectivity index (χ2v) is 6.95. The van der Waals surface area contributed by atoms with Gasteiger partial charge >= 0.3 is 0 Å². The lowest BCUT2D eigenvalue weighted by Gasteiger charge is -2.19. The summed E-state index contributed by atoms with van der Waals surface area (Å²) >= 11 is 6.14. The maximum absolute atomic E-state index is 12.1. The Kier molecular flexibility index (Phi) is 4.98. The van der Waals surface area contributed by atoms with E-state index in [1.165, 1.54) is 10.6 Å². The molecule has 1 aromatic heterocycles. The van der Waals surface area contributed by atoms with Gasteiger partial charge in [-0.25, -0.2) is 0 Å². The van der Waals surface area contributed by atoms with E-state index in [2.05, 4.69) is 0 Å². The number of anilines is 1. The summed E-state index contributed by atoms with van der Waals surface area (Å²) in [6.07, 6.45) is 1.72. The third-order valence-corrected chi connectivity index (χ3v) is 4.70. The Morgan fingerprint density at radius 2 is 1.82 bits per heavy atom. The molecule has 0 radical (unpaired) electrons. The molecular weight excluding hydrogens is 380 g/mol. The highest BCUT2D eigenvalue weighted by Gasteiger charge is 2.17. The molecule has 0 spiro atoms. The van der Waals surface area contributed by atoms with Crippen molar-refractivity contribution in [1.82, 2.24) is 4.57 Å². The number of hydrogen-bond acceptors (Lipinski definition) is 5. The third kappa shape index (κ3) is 3.69. The zero-order chi connectivity index (χ0) is 19.7. The van der Waals surface area contributed by atoms with Crippen LogP contribution in [-0.4, -0.2) is 17.8 Å². The van der Waals surface area contributed by atoms with E-state index >= 15 is 0 Å². The average molecular weight is 399 g/mol. The van der Waals surface area contributed by atoms with Crippen molar-refractivity contribution in [2.75, 3.05) is 18.9 Å². The maximum atomic E-state index is 12.1. The molecule has 1 aliphatic heterocycles. The van der Waals surface area contributed by atoms with E-state index in [9.17, 15) is 4.79 Å². The second kappa shape index (κ2) is 7.58. The SMILES string of the molecule is Cn1cc2c(cc1=O)OCCOCc1cc(Cl)ccc1Oc1ccc(N)cc1-2. The fourth-order valence-corrected chi connectivity index (χ4v) is 3.25. The number of ether oxygens (including phenoxy) is 3. The lowest BCUT2D eigenvalue weighted by atomic mass is 10.0. The highest BCUT2D eigenvalue weighted by atomic mass is 35.5. The van der Waals surface area contributed by atoms with Gasteiger partial charge in [-0.1, -0.05) is 11.6 Å². The summed E-state index contributed by atoms with van der Waals surface area (Å²) in [5, 5.41) is 0.604. The largest absolute Gasteiger partial charge is 0.490 e. The summed E-state index contributed by atoms with van der Waals surface area (Å²) in [6.45, 7) is 0.978. The molecule has 0 saturated heterocycles. The zero-order valence-corrected chi connectivity index (χ0v) is 16.0. The van der Waals surface area contributed by atoms with Crippen LogP contribution in [0.3, 0.4) is 0 Å². The lowest BCUT2D eigenvalue weighted by molar-refractivity contribution is 0.0878. The minimum absolute atomic E-state index is 0.168. The first-order valence-corrected chi connectivity index (χ1v) is 9.16. The van der Waals surface area contributed by atoms with Crippen molar-refractivity contribution < 1.29 is 14.2 Å². The van der Waals surface area contributed by atoms with Gasteiger partial charge in [-0.05, 0) is 36.4 Å². The molecule has 0 amide bonds. The van der Waals surface area contributed by atoms with E-state index in [0.717, 1.165) is 11.1 Å². The van der Waals surface area contributed by atoms with Gasteiger partial charge in [0.25, 0.3) is 5.56 Å². The summed E-state index contributed by atoms with van der Waals surface area (Å²) in [4.78, 5) is 12.1. The highest BCUT2D eigenvalue weighted by molar-refractivity contribution is 6.30. The minimum atomic E-state index is -0.168. The summed E-state index contributed by atoms with van der Waals surface area (Å²) in [7, 11) is 1.69. The monoisotopic (exact) mass is 398 g/mol. The molecule has 2 N–H and O–H groups in total. The molecule has 0 aliphatic carbocycles. The Balaban J connectivity index is 1.92. The normalized spacial score (nSPS) is 13.6. The topological polar surface area (TPSA) is 75.7 Å². The molecule has 6 nitrogen and oxygen atoms in total. The number of nitrogen functional groups attached to an aromatic ring is 1. The van der Waals surface area contributed by atoms with Gasteiger partial charge in [0.05, 0.1) is 13.2 Å². The standard InChI is InChI=1S/C21H19ClN2O4/c1-24-11-17-16-9-15(23)3-5-19(16)28-18-4-2-14(22)8-13(18)12-26-6-7-27-20(17)10-21(24)25/h2-5,8-11H,6-7,12,23H2,1H3. The Morgan fingerprint density at radius 3 is 2.68 bits per heavy atom. The van der Waals surface area contributed by atoms with Crippen LogP contribution < -0.4 is 20.8 Å². The van der Waals surface area contributed by atoms with Crippen LogP contribution in [0.5, 0.6) is 17.2 Å². The lowest BCUT2D eigenvalue weighted by Crippen LogP contribution is -2.17. The number of nitrogens with zero attached hydrogens (tertiary/aromatic N) is 1. The maximum Gasteiger partial charge on any atom is 0.254 e. The molecule has 2 aromatic carbocycles. The molecule has 3 aromatic rings. The molecule has 0 saturated carbocycles. The highest BCUT2D eigenvalue weighted by Crippen LogP contribution is 2.40. The Hall–Kier alpha value is -2.96. The number of fused-ring (bicyclic) bond motifs is 4. The molecule has 28 heavy (non-hydrogen) atoms. The van der Waals surface area contributed by atoms with Crippen molar-refractivity contribution in [2.45, 2.75) is 6.61 Å². The Labute approximate surface area is 167 Å². The number of halogens is 1. The van der Waals surface area contributed by atoms with E-state index in [1.54, 1.807) is 37.5 Å². The van der Waals surface area contributed by atoms with Crippen LogP contribution in [0.25, 0.3) is 11.1 Å². The zero-order valence-electron chi connectivity index (χ0n) is 15.3. The third-order valence-electron chi connectivity index (χ3n) is 4.47. The second-order valence-electron chi connectivity index (χ2n) is 6.51. The van der Waals surface area contributed by atoms with Crippen molar-refractivity contribution in [3.63, 3.8) is 0 Å². The fraction of sp³-hybridized carbons (Fsp3) is 0.190. The van der Waals surface area contributed by atoms with Gasteiger partial charge < -0.3 is 24.5 Å². The molecule has 0 bridgehead atoms. The smallest absolute Gasteiger partial charge is 0.254 e. The molecule has 7 heteroatoms. The number of benzene rings is 2. The molecule has 0 fully saturated rings. The molecule has 144 valence electrons. The Bertz CT molecular complexity index is 1090. The van der Waals surface area contributed by atoms with Crippen molar-refractivity contribution in [3.8, 4) is 28.4 Å². The van der Waals surface area contributed by atoms with Crippen molar-refractivity contribution >= 4 is 17.3 Å². The quantitative estimate of drug-likeness (QED) is 0.579. The first-order chi connectivity index (χ1) is 13.5. The molecule has 2 heterocycles. The first kappa shape index (κ1) is 18.4. The van der Waals surface area contributed by atoms with Crippen molar-refractivity contribution in [3.05, 3.63) is 69.6 Å². The number of hydrogen-bond donors (Lipinski definition) is 1. The van der Waals surface area contributed by atoms with Gasteiger partial charge in [-0.2, -0.15) is 0 Å². The fourth-order valence-electron chi connectivity index (χ4n) is 3.05. The van der Waals surface area contributed by atoms with Gasteiger partial charge in [0.15, 0.2) is 0 Å². The summed E-state index contributed by atoms with van der Waals surface area (Å²) < 4.78 is 19.2. The van der Waals surface area contributed by atoms with Crippen LogP contribution in [0.15, 0.2) is 53.5 Å². The van der Waals surface area contributed by atoms with Crippen molar-refractivity contribution in [1.29, 1.82) is 0 Å². The number of aromatic nitrogens is 1. The van der Waals surface area contributed by atoms with Gasteiger partial charge in [-0.15, -0.1) is 0 Å². The molecule has 1 aliphatic rings. The van der Waals surface area contributed by atoms with Gasteiger partial charge in [0, 0.05) is 46.7 Å². The van der Waals surface area contributed by atoms with Crippen LogP contribution in [0.2, 0.25) is 5.02 Å². The predicted molar refractivity (Wildman–Crippen MR) is 108 cm³/mol. The summed E-state index contributed by atoms with van der Waals surface area (Å²) in [5.41, 5.74) is 8.71. The molecule has 4 rings (SSSR count). The molecule has 0 unspecified atom stereocenters. The van der Waals surface area contributed by atoms with Crippen LogP contribution in [0, 0.1) is 0 Å². The van der Waals surface area contributed by atoms with Crippen LogP contribution >= 0.6 is 11.6 Å². The summed E-state index contributed by atoms with van der Waals surface area (Å²) in [5.74, 6) is 1.68. The predicted octanol–water partition coefficient (Wildman–Crippen LogP) is 3.99. The average Bonchev–Trinajstić information content (AvgIpc) is 2.66. The number of aryl methyl sites for hydroxylation is 1. The summed E-state index contributed by atoms with van der Waals surface area (Å²) in [6, 6.07) is 12.2.